The van der Waals surface area contributed by atoms with Crippen molar-refractivity contribution in [2.75, 3.05) is 6.61 Å². The molecule has 150 valence electrons. The van der Waals surface area contributed by atoms with Crippen LogP contribution in [0.25, 0.3) is 0 Å². The van der Waals surface area contributed by atoms with Crippen LogP contribution in [0.4, 0.5) is 0 Å². The first-order chi connectivity index (χ1) is 14.1. The molecule has 2 fully saturated rings. The Kier molecular flexibility index (Phi) is 4.66. The Morgan fingerprint density at radius 3 is 2.69 bits per heavy atom. The lowest BCUT2D eigenvalue weighted by atomic mass is 9.79. The lowest BCUT2D eigenvalue weighted by molar-refractivity contribution is -0.347. The molecule has 0 aromatic heterocycles. The Balaban J connectivity index is 1.54. The van der Waals surface area contributed by atoms with Crippen molar-refractivity contribution in [2.45, 2.75) is 37.2 Å². The fourth-order valence-electron chi connectivity index (χ4n) is 4.24. The molecular weight excluding hydrogens is 442 g/mol. The zero-order valence-electron chi connectivity index (χ0n) is 15.5. The van der Waals surface area contributed by atoms with Gasteiger partial charge >= 0.3 is 5.97 Å². The number of fused-ring (bicyclic) bond motifs is 2. The molecule has 0 saturated carbocycles. The van der Waals surface area contributed by atoms with E-state index in [1.807, 2.05) is 30.3 Å². The third kappa shape index (κ3) is 2.98. The molecule has 0 unspecified atom stereocenters. The van der Waals surface area contributed by atoms with Gasteiger partial charge in [-0.25, -0.2) is 4.79 Å². The molecule has 2 saturated heterocycles. The minimum absolute atomic E-state index is 0.155. The number of hydrogen-bond acceptors (Lipinski definition) is 7. The number of halogens is 1. The van der Waals surface area contributed by atoms with Crippen molar-refractivity contribution in [3.63, 3.8) is 0 Å². The molecule has 3 heterocycles. The molecule has 0 amide bonds. The van der Waals surface area contributed by atoms with E-state index in [1.165, 1.54) is 5.23 Å². The number of carbonyl (C=O) groups is 2. The molecule has 2 aromatic rings. The molecule has 29 heavy (non-hydrogen) atoms. The summed E-state index contributed by atoms with van der Waals surface area (Å²) in [6.07, 6.45) is -2.36. The average molecular weight is 460 g/mol. The Morgan fingerprint density at radius 1 is 1.10 bits per heavy atom. The van der Waals surface area contributed by atoms with Crippen molar-refractivity contribution in [1.82, 2.24) is 5.23 Å². The van der Waals surface area contributed by atoms with Crippen molar-refractivity contribution >= 4 is 27.7 Å². The Morgan fingerprint density at radius 2 is 1.90 bits per heavy atom. The monoisotopic (exact) mass is 459 g/mol. The van der Waals surface area contributed by atoms with Crippen molar-refractivity contribution in [1.29, 1.82) is 0 Å². The molecule has 3 aliphatic heterocycles. The van der Waals surface area contributed by atoms with E-state index >= 15 is 0 Å². The number of ketones is 1. The second kappa shape index (κ2) is 7.21. The van der Waals surface area contributed by atoms with Gasteiger partial charge in [-0.15, -0.1) is 0 Å². The maximum atomic E-state index is 13.3. The van der Waals surface area contributed by atoms with Gasteiger partial charge in [0.25, 0.3) is 0 Å². The highest BCUT2D eigenvalue weighted by Gasteiger charge is 2.64. The molecule has 3 aliphatic rings. The van der Waals surface area contributed by atoms with Crippen LogP contribution in [-0.2, 0) is 19.2 Å². The lowest BCUT2D eigenvalue weighted by Gasteiger charge is -2.33. The van der Waals surface area contributed by atoms with Crippen LogP contribution in [0.1, 0.15) is 28.8 Å². The van der Waals surface area contributed by atoms with Crippen LogP contribution in [0.2, 0.25) is 0 Å². The quantitative estimate of drug-likeness (QED) is 0.513. The number of ether oxygens (including phenoxy) is 2. The minimum atomic E-state index is -0.947. The number of carbonyl (C=O) groups excluding carboxylic acids is 2. The fraction of sp³-hybridized carbons (Fsp3) is 0.333. The van der Waals surface area contributed by atoms with Gasteiger partial charge in [0, 0.05) is 21.5 Å². The van der Waals surface area contributed by atoms with Crippen LogP contribution in [-0.4, -0.2) is 47.9 Å². The van der Waals surface area contributed by atoms with Crippen LogP contribution >= 0.6 is 15.9 Å². The molecule has 0 aliphatic carbocycles. The number of Topliss-reactive ketones (excluding diaryl/α,β-unsaturated/α-hetero) is 1. The van der Waals surface area contributed by atoms with Gasteiger partial charge in [-0.05, 0) is 25.1 Å². The van der Waals surface area contributed by atoms with Crippen molar-refractivity contribution < 1.29 is 28.7 Å². The van der Waals surface area contributed by atoms with Crippen LogP contribution in [0.15, 0.2) is 53.0 Å². The van der Waals surface area contributed by atoms with E-state index < -0.39 is 30.3 Å². The summed E-state index contributed by atoms with van der Waals surface area (Å²) in [6.45, 7) is 1.97. The van der Waals surface area contributed by atoms with E-state index in [2.05, 4.69) is 15.9 Å². The fourth-order valence-corrected chi connectivity index (χ4v) is 4.63. The van der Waals surface area contributed by atoms with Crippen molar-refractivity contribution in [3.05, 3.63) is 64.1 Å². The van der Waals surface area contributed by atoms with E-state index in [4.69, 9.17) is 19.1 Å². The normalized spacial score (nSPS) is 29.7. The van der Waals surface area contributed by atoms with Crippen LogP contribution in [0.5, 0.6) is 5.75 Å². The van der Waals surface area contributed by atoms with E-state index in [-0.39, 0.29) is 18.3 Å². The van der Waals surface area contributed by atoms with Crippen LogP contribution < -0.4 is 4.74 Å². The number of esters is 1. The van der Waals surface area contributed by atoms with Gasteiger partial charge < -0.3 is 9.47 Å². The third-order valence-electron chi connectivity index (χ3n) is 5.44. The molecule has 7 nitrogen and oxygen atoms in total. The minimum Gasteiger partial charge on any atom is -0.485 e. The second-order valence-electron chi connectivity index (χ2n) is 7.10. The SMILES string of the molecule is CCOC(=O)[C@@H]1ON2O[C@H](C(=O)c3cccc(Br)c3)[C@H]3c4ccccc4O[C@@H]1[C@H]32. The van der Waals surface area contributed by atoms with E-state index in [0.717, 1.165) is 10.0 Å². The smallest absolute Gasteiger partial charge is 0.341 e. The summed E-state index contributed by atoms with van der Waals surface area (Å²) in [5.41, 5.74) is 1.39. The zero-order chi connectivity index (χ0) is 20.1. The van der Waals surface area contributed by atoms with Crippen molar-refractivity contribution in [3.8, 4) is 5.75 Å². The lowest BCUT2D eigenvalue weighted by Crippen LogP contribution is -2.48. The molecule has 0 bridgehead atoms. The van der Waals surface area contributed by atoms with Crippen LogP contribution in [0, 0.1) is 0 Å². The predicted molar refractivity (Wildman–Crippen MR) is 104 cm³/mol. The number of nitrogens with zero attached hydrogens (tertiary/aromatic N) is 1. The Bertz CT molecular complexity index is 981. The molecule has 0 spiro atoms. The molecule has 0 radical (unpaired) electrons. The summed E-state index contributed by atoms with van der Waals surface area (Å²) in [5, 5.41) is 1.26. The number of benzene rings is 2. The summed E-state index contributed by atoms with van der Waals surface area (Å²) < 4.78 is 12.0. The molecule has 8 heteroatoms. The average Bonchev–Trinajstić information content (AvgIpc) is 3.28. The number of hydroxylamine groups is 2. The van der Waals surface area contributed by atoms with Gasteiger partial charge in [-0.2, -0.15) is 0 Å². The van der Waals surface area contributed by atoms with Gasteiger partial charge in [0.2, 0.25) is 6.10 Å². The van der Waals surface area contributed by atoms with Gasteiger partial charge in [0.05, 0.1) is 6.61 Å². The van der Waals surface area contributed by atoms with Crippen LogP contribution in [0.3, 0.4) is 0 Å². The van der Waals surface area contributed by atoms with E-state index in [0.29, 0.717) is 11.3 Å². The second-order valence-corrected chi connectivity index (χ2v) is 8.02. The van der Waals surface area contributed by atoms with Gasteiger partial charge in [0.15, 0.2) is 18.0 Å². The van der Waals surface area contributed by atoms with E-state index in [9.17, 15) is 9.59 Å². The molecule has 0 N–H and O–H groups in total. The molecule has 5 rings (SSSR count). The predicted octanol–water partition coefficient (Wildman–Crippen LogP) is 3.04. The first kappa shape index (κ1) is 18.7. The summed E-state index contributed by atoms with van der Waals surface area (Å²) in [4.78, 5) is 37.3. The maximum absolute atomic E-state index is 13.3. The maximum Gasteiger partial charge on any atom is 0.341 e. The molecular formula is C21H18BrNO6. The molecule has 5 atom stereocenters. The third-order valence-corrected chi connectivity index (χ3v) is 5.93. The number of hydrogen-bond donors (Lipinski definition) is 0. The largest absolute Gasteiger partial charge is 0.485 e. The highest BCUT2D eigenvalue weighted by molar-refractivity contribution is 9.10. The zero-order valence-corrected chi connectivity index (χ0v) is 17.1. The Labute approximate surface area is 175 Å². The number of para-hydroxylation sites is 1. The van der Waals surface area contributed by atoms with Gasteiger partial charge in [-0.1, -0.05) is 51.5 Å². The highest BCUT2D eigenvalue weighted by atomic mass is 79.9. The first-order valence-electron chi connectivity index (χ1n) is 9.43. The number of rotatable bonds is 4. The molecule has 2 aromatic carbocycles. The van der Waals surface area contributed by atoms with Gasteiger partial charge in [0.1, 0.15) is 11.8 Å². The first-order valence-corrected chi connectivity index (χ1v) is 10.2. The summed E-state index contributed by atoms with van der Waals surface area (Å²) >= 11 is 3.41. The standard InChI is InChI=1S/C21H18BrNO6/c1-2-26-21(25)20-19-16-15(13-8-3-4-9-14(13)27-19)18(28-23(16)29-20)17(24)11-6-5-7-12(22)10-11/h3-10,15-16,18-20H,2H2,1H3/t15-,16-,18-,19+,20+/m0/s1. The van der Waals surface area contributed by atoms with Crippen molar-refractivity contribution in [2.24, 2.45) is 0 Å². The summed E-state index contributed by atoms with van der Waals surface area (Å²) in [6, 6.07) is 14.2. The van der Waals surface area contributed by atoms with Gasteiger partial charge in [-0.3, -0.25) is 14.5 Å². The highest BCUT2D eigenvalue weighted by Crippen LogP contribution is 2.50. The van der Waals surface area contributed by atoms with E-state index in [1.54, 1.807) is 25.1 Å². The topological polar surface area (TPSA) is 74.3 Å². The summed E-state index contributed by atoms with van der Waals surface area (Å²) in [5.74, 6) is -0.382. The Hall–Kier alpha value is -2.26. The summed E-state index contributed by atoms with van der Waals surface area (Å²) in [7, 11) is 0.